The Morgan fingerprint density at radius 2 is 1.69 bits per heavy atom. The molecular weight excluding hydrogens is 198 g/mol. The van der Waals surface area contributed by atoms with Crippen LogP contribution in [0.1, 0.15) is 25.3 Å². The van der Waals surface area contributed by atoms with Crippen LogP contribution in [-0.4, -0.2) is 14.8 Å². The summed E-state index contributed by atoms with van der Waals surface area (Å²) in [6.07, 6.45) is 3.55. The van der Waals surface area contributed by atoms with Crippen LogP contribution in [0.5, 0.6) is 0 Å². The molecule has 2 rings (SSSR count). The second-order valence-electron chi connectivity index (χ2n) is 4.42. The molecule has 2 aromatic rings. The van der Waals surface area contributed by atoms with E-state index in [2.05, 4.69) is 54.4 Å². The average Bonchev–Trinajstić information content (AvgIpc) is 2.79. The Kier molecular flexibility index (Phi) is 3.34. The van der Waals surface area contributed by atoms with Gasteiger partial charge in [-0.25, -0.2) is 0 Å². The highest BCUT2D eigenvalue weighted by atomic mass is 15.2. The lowest BCUT2D eigenvalue weighted by molar-refractivity contribution is 0.435. The fraction of sp³-hybridized carbons (Fsp3) is 0.385. The monoisotopic (exact) mass is 215 g/mol. The van der Waals surface area contributed by atoms with Crippen LogP contribution in [0.25, 0.3) is 0 Å². The third kappa shape index (κ3) is 2.48. The molecule has 0 radical (unpaired) electrons. The molecule has 0 aliphatic carbocycles. The lowest BCUT2D eigenvalue weighted by Gasteiger charge is -2.21. The molecule has 1 atom stereocenters. The van der Waals surface area contributed by atoms with Gasteiger partial charge in [0.05, 0.1) is 0 Å². The predicted octanol–water partition coefficient (Wildman–Crippen LogP) is 2.72. The zero-order chi connectivity index (χ0) is 11.4. The van der Waals surface area contributed by atoms with Gasteiger partial charge in [-0.3, -0.25) is 0 Å². The largest absolute Gasteiger partial charge is 0.320 e. The fourth-order valence-electron chi connectivity index (χ4n) is 1.94. The molecule has 3 nitrogen and oxygen atoms in total. The summed E-state index contributed by atoms with van der Waals surface area (Å²) in [5.74, 6) is 1.11. The maximum atomic E-state index is 3.84. The van der Waals surface area contributed by atoms with Crippen molar-refractivity contribution in [2.45, 2.75) is 26.3 Å². The molecule has 1 aromatic carbocycles. The minimum absolute atomic E-state index is 0.511. The highest BCUT2D eigenvalue weighted by molar-refractivity contribution is 5.19. The third-order valence-electron chi connectivity index (χ3n) is 2.91. The molecule has 0 amide bonds. The molecule has 0 saturated carbocycles. The molecule has 0 spiro atoms. The molecule has 84 valence electrons. The zero-order valence-corrected chi connectivity index (χ0v) is 9.74. The lowest BCUT2D eigenvalue weighted by Crippen LogP contribution is -2.13. The second kappa shape index (κ2) is 4.92. The van der Waals surface area contributed by atoms with Crippen LogP contribution in [0.2, 0.25) is 0 Å². The maximum absolute atomic E-state index is 3.84. The van der Waals surface area contributed by atoms with E-state index in [0.29, 0.717) is 11.8 Å². The summed E-state index contributed by atoms with van der Waals surface area (Å²) in [7, 11) is 0. The van der Waals surface area contributed by atoms with Crippen LogP contribution in [0.4, 0.5) is 0 Å². The van der Waals surface area contributed by atoms with E-state index in [4.69, 9.17) is 0 Å². The van der Waals surface area contributed by atoms with Gasteiger partial charge in [0.1, 0.15) is 12.7 Å². The molecule has 0 N–H and O–H groups in total. The summed E-state index contributed by atoms with van der Waals surface area (Å²) in [5.41, 5.74) is 1.38. The fourth-order valence-corrected chi connectivity index (χ4v) is 1.94. The Hall–Kier alpha value is -1.64. The standard InChI is InChI=1S/C13H17N3/c1-11(2)13(8-16-9-14-15-10-16)12-6-4-3-5-7-12/h3-7,9-11,13H,8H2,1-2H3. The summed E-state index contributed by atoms with van der Waals surface area (Å²) in [5, 5.41) is 7.68. The van der Waals surface area contributed by atoms with E-state index in [-0.39, 0.29) is 0 Å². The average molecular weight is 215 g/mol. The minimum atomic E-state index is 0.511. The van der Waals surface area contributed by atoms with Gasteiger partial charge < -0.3 is 4.57 Å². The van der Waals surface area contributed by atoms with Crippen molar-refractivity contribution in [2.24, 2.45) is 5.92 Å². The summed E-state index contributed by atoms with van der Waals surface area (Å²) in [6.45, 7) is 5.44. The first-order valence-electron chi connectivity index (χ1n) is 5.64. The Bertz CT molecular complexity index is 406. The van der Waals surface area contributed by atoms with Crippen molar-refractivity contribution in [1.82, 2.24) is 14.8 Å². The number of nitrogens with zero attached hydrogens (tertiary/aromatic N) is 3. The number of hydrogen-bond acceptors (Lipinski definition) is 2. The highest BCUT2D eigenvalue weighted by Gasteiger charge is 2.15. The summed E-state index contributed by atoms with van der Waals surface area (Å²) in [4.78, 5) is 0. The maximum Gasteiger partial charge on any atom is 0.119 e. The normalized spacial score (nSPS) is 12.9. The van der Waals surface area contributed by atoms with E-state index in [1.165, 1.54) is 5.56 Å². The van der Waals surface area contributed by atoms with Gasteiger partial charge in [-0.05, 0) is 11.5 Å². The Morgan fingerprint density at radius 3 is 2.25 bits per heavy atom. The number of benzene rings is 1. The van der Waals surface area contributed by atoms with Crippen LogP contribution < -0.4 is 0 Å². The van der Waals surface area contributed by atoms with Crippen molar-refractivity contribution >= 4 is 0 Å². The molecule has 16 heavy (non-hydrogen) atoms. The Balaban J connectivity index is 2.18. The minimum Gasteiger partial charge on any atom is -0.320 e. The van der Waals surface area contributed by atoms with E-state index in [1.807, 2.05) is 4.57 Å². The molecule has 0 saturated heterocycles. The smallest absolute Gasteiger partial charge is 0.119 e. The zero-order valence-electron chi connectivity index (χ0n) is 9.74. The van der Waals surface area contributed by atoms with Gasteiger partial charge in [-0.15, -0.1) is 10.2 Å². The highest BCUT2D eigenvalue weighted by Crippen LogP contribution is 2.25. The van der Waals surface area contributed by atoms with E-state index in [9.17, 15) is 0 Å². The molecule has 0 aliphatic rings. The van der Waals surface area contributed by atoms with Gasteiger partial charge in [0.15, 0.2) is 0 Å². The van der Waals surface area contributed by atoms with Crippen molar-refractivity contribution in [1.29, 1.82) is 0 Å². The Morgan fingerprint density at radius 1 is 1.06 bits per heavy atom. The summed E-state index contributed by atoms with van der Waals surface area (Å²) < 4.78 is 2.04. The molecule has 0 aliphatic heterocycles. The molecule has 0 bridgehead atoms. The predicted molar refractivity (Wildman–Crippen MR) is 64.0 cm³/mol. The summed E-state index contributed by atoms with van der Waals surface area (Å²) >= 11 is 0. The number of hydrogen-bond donors (Lipinski definition) is 0. The van der Waals surface area contributed by atoms with E-state index < -0.39 is 0 Å². The summed E-state index contributed by atoms with van der Waals surface area (Å²) in [6, 6.07) is 10.6. The lowest BCUT2D eigenvalue weighted by atomic mass is 9.88. The van der Waals surface area contributed by atoms with E-state index >= 15 is 0 Å². The van der Waals surface area contributed by atoms with E-state index in [1.54, 1.807) is 12.7 Å². The van der Waals surface area contributed by atoms with Gasteiger partial charge in [0, 0.05) is 12.5 Å². The molecule has 1 aromatic heterocycles. The molecule has 1 unspecified atom stereocenters. The van der Waals surface area contributed by atoms with Gasteiger partial charge in [-0.2, -0.15) is 0 Å². The van der Waals surface area contributed by atoms with Crippen molar-refractivity contribution in [2.75, 3.05) is 0 Å². The first kappa shape index (κ1) is 10.9. The molecule has 3 heteroatoms. The molecule has 0 fully saturated rings. The van der Waals surface area contributed by atoms with Crippen LogP contribution in [-0.2, 0) is 6.54 Å². The Labute approximate surface area is 96.1 Å². The molecule has 1 heterocycles. The van der Waals surface area contributed by atoms with Crippen molar-refractivity contribution in [3.05, 3.63) is 48.5 Å². The van der Waals surface area contributed by atoms with Crippen LogP contribution in [0, 0.1) is 5.92 Å². The van der Waals surface area contributed by atoms with Crippen molar-refractivity contribution in [3.63, 3.8) is 0 Å². The SMILES string of the molecule is CC(C)C(Cn1cnnc1)c1ccccc1. The van der Waals surface area contributed by atoms with E-state index in [0.717, 1.165) is 6.54 Å². The van der Waals surface area contributed by atoms with Crippen molar-refractivity contribution in [3.8, 4) is 0 Å². The quantitative estimate of drug-likeness (QED) is 0.785. The number of aromatic nitrogens is 3. The van der Waals surface area contributed by atoms with Gasteiger partial charge in [0.25, 0.3) is 0 Å². The van der Waals surface area contributed by atoms with Crippen LogP contribution in [0.15, 0.2) is 43.0 Å². The van der Waals surface area contributed by atoms with Gasteiger partial charge in [-0.1, -0.05) is 44.2 Å². The van der Waals surface area contributed by atoms with Crippen LogP contribution >= 0.6 is 0 Å². The van der Waals surface area contributed by atoms with Gasteiger partial charge >= 0.3 is 0 Å². The number of rotatable bonds is 4. The third-order valence-corrected chi connectivity index (χ3v) is 2.91. The van der Waals surface area contributed by atoms with Crippen LogP contribution in [0.3, 0.4) is 0 Å². The topological polar surface area (TPSA) is 30.7 Å². The first-order valence-corrected chi connectivity index (χ1v) is 5.64. The second-order valence-corrected chi connectivity index (χ2v) is 4.42. The first-order chi connectivity index (χ1) is 7.77. The molecular formula is C13H17N3. The van der Waals surface area contributed by atoms with Crippen molar-refractivity contribution < 1.29 is 0 Å². The van der Waals surface area contributed by atoms with Gasteiger partial charge in [0.2, 0.25) is 0 Å².